The SMILES string of the molecule is CCOC(=O)C(C)(C)C(=O)CN1CCc2ccccc21. The first-order chi connectivity index (χ1) is 9.46. The Morgan fingerprint density at radius 3 is 2.70 bits per heavy atom. The van der Waals surface area contributed by atoms with E-state index in [0.717, 1.165) is 18.7 Å². The second-order valence-electron chi connectivity index (χ2n) is 5.57. The van der Waals surface area contributed by atoms with Gasteiger partial charge in [-0.2, -0.15) is 0 Å². The lowest BCUT2D eigenvalue weighted by Gasteiger charge is -2.25. The molecule has 0 saturated heterocycles. The van der Waals surface area contributed by atoms with E-state index in [2.05, 4.69) is 6.07 Å². The summed E-state index contributed by atoms with van der Waals surface area (Å²) in [6, 6.07) is 8.08. The number of hydrogen-bond donors (Lipinski definition) is 0. The van der Waals surface area contributed by atoms with Crippen molar-refractivity contribution in [2.45, 2.75) is 27.2 Å². The fourth-order valence-corrected chi connectivity index (χ4v) is 2.37. The van der Waals surface area contributed by atoms with Crippen molar-refractivity contribution >= 4 is 17.4 Å². The fourth-order valence-electron chi connectivity index (χ4n) is 2.37. The topological polar surface area (TPSA) is 46.6 Å². The molecule has 1 heterocycles. The number of para-hydroxylation sites is 1. The van der Waals surface area contributed by atoms with E-state index >= 15 is 0 Å². The van der Waals surface area contributed by atoms with Gasteiger partial charge in [0.05, 0.1) is 13.2 Å². The molecule has 0 fully saturated rings. The lowest BCUT2D eigenvalue weighted by Crippen LogP contribution is -2.42. The van der Waals surface area contributed by atoms with E-state index in [0.29, 0.717) is 6.61 Å². The second-order valence-corrected chi connectivity index (χ2v) is 5.57. The number of hydrogen-bond acceptors (Lipinski definition) is 4. The molecule has 0 N–H and O–H groups in total. The van der Waals surface area contributed by atoms with Crippen LogP contribution in [0.4, 0.5) is 5.69 Å². The smallest absolute Gasteiger partial charge is 0.319 e. The fraction of sp³-hybridized carbons (Fsp3) is 0.500. The molecule has 0 aliphatic carbocycles. The number of carbonyl (C=O) groups excluding carboxylic acids is 2. The Labute approximate surface area is 119 Å². The van der Waals surface area contributed by atoms with Gasteiger partial charge in [-0.15, -0.1) is 0 Å². The first-order valence-corrected chi connectivity index (χ1v) is 7.00. The van der Waals surface area contributed by atoms with Gasteiger partial charge in [-0.05, 0) is 38.8 Å². The first kappa shape index (κ1) is 14.6. The summed E-state index contributed by atoms with van der Waals surface area (Å²) in [6.45, 7) is 6.38. The molecule has 1 aliphatic heterocycles. The van der Waals surface area contributed by atoms with Crippen molar-refractivity contribution in [1.29, 1.82) is 0 Å². The Kier molecular flexibility index (Phi) is 4.12. The zero-order valence-corrected chi connectivity index (χ0v) is 12.3. The summed E-state index contributed by atoms with van der Waals surface area (Å²) in [7, 11) is 0. The molecule has 1 aromatic rings. The van der Waals surface area contributed by atoms with Crippen LogP contribution in [0.25, 0.3) is 0 Å². The molecule has 0 saturated carbocycles. The third kappa shape index (κ3) is 2.69. The van der Waals surface area contributed by atoms with Crippen molar-refractivity contribution in [1.82, 2.24) is 0 Å². The molecule has 0 unspecified atom stereocenters. The van der Waals surface area contributed by atoms with Crippen LogP contribution in [0, 0.1) is 5.41 Å². The Hall–Kier alpha value is -1.84. The number of ketones is 1. The van der Waals surface area contributed by atoms with Gasteiger partial charge >= 0.3 is 5.97 Å². The van der Waals surface area contributed by atoms with Gasteiger partial charge in [0.2, 0.25) is 0 Å². The van der Waals surface area contributed by atoms with Gasteiger partial charge in [-0.1, -0.05) is 18.2 Å². The molecule has 2 rings (SSSR count). The van der Waals surface area contributed by atoms with Crippen LogP contribution in [-0.2, 0) is 20.7 Å². The highest BCUT2D eigenvalue weighted by molar-refractivity contribution is 6.05. The summed E-state index contributed by atoms with van der Waals surface area (Å²) in [6.07, 6.45) is 0.948. The Bertz CT molecular complexity index is 522. The summed E-state index contributed by atoms with van der Waals surface area (Å²) in [5, 5.41) is 0. The van der Waals surface area contributed by atoms with E-state index in [4.69, 9.17) is 4.74 Å². The van der Waals surface area contributed by atoms with Crippen molar-refractivity contribution in [2.24, 2.45) is 5.41 Å². The Morgan fingerprint density at radius 1 is 1.30 bits per heavy atom. The van der Waals surface area contributed by atoms with Crippen LogP contribution >= 0.6 is 0 Å². The van der Waals surface area contributed by atoms with E-state index in [1.807, 2.05) is 23.1 Å². The maximum Gasteiger partial charge on any atom is 0.319 e. The zero-order valence-electron chi connectivity index (χ0n) is 12.3. The number of fused-ring (bicyclic) bond motifs is 1. The monoisotopic (exact) mass is 275 g/mol. The number of esters is 1. The lowest BCUT2D eigenvalue weighted by molar-refractivity contribution is -0.157. The normalized spacial score (nSPS) is 14.1. The standard InChI is InChI=1S/C16H21NO3/c1-4-20-15(19)16(2,3)14(18)11-17-10-9-12-7-5-6-8-13(12)17/h5-8H,4,9-11H2,1-3H3. The quantitative estimate of drug-likeness (QED) is 0.610. The molecular weight excluding hydrogens is 254 g/mol. The van der Waals surface area contributed by atoms with E-state index in [1.54, 1.807) is 20.8 Å². The molecule has 108 valence electrons. The summed E-state index contributed by atoms with van der Waals surface area (Å²) in [5.41, 5.74) is 1.27. The summed E-state index contributed by atoms with van der Waals surface area (Å²) in [5.74, 6) is -0.551. The molecule has 0 atom stereocenters. The highest BCUT2D eigenvalue weighted by Crippen LogP contribution is 2.29. The third-order valence-electron chi connectivity index (χ3n) is 3.80. The van der Waals surface area contributed by atoms with Crippen molar-refractivity contribution in [3.63, 3.8) is 0 Å². The largest absolute Gasteiger partial charge is 0.465 e. The number of benzene rings is 1. The minimum absolute atomic E-state index is 0.104. The zero-order chi connectivity index (χ0) is 14.8. The van der Waals surface area contributed by atoms with Gasteiger partial charge in [0.25, 0.3) is 0 Å². The highest BCUT2D eigenvalue weighted by Gasteiger charge is 2.38. The maximum atomic E-state index is 12.4. The molecule has 0 amide bonds. The van der Waals surface area contributed by atoms with Crippen molar-refractivity contribution < 1.29 is 14.3 Å². The van der Waals surface area contributed by atoms with Crippen molar-refractivity contribution in [3.05, 3.63) is 29.8 Å². The summed E-state index contributed by atoms with van der Waals surface area (Å²) < 4.78 is 4.98. The summed E-state index contributed by atoms with van der Waals surface area (Å²) >= 11 is 0. The van der Waals surface area contributed by atoms with E-state index in [1.165, 1.54) is 5.56 Å². The number of rotatable bonds is 5. The molecule has 4 heteroatoms. The number of nitrogens with zero attached hydrogens (tertiary/aromatic N) is 1. The predicted octanol–water partition coefficient (Wildman–Crippen LogP) is 2.21. The van der Waals surface area contributed by atoms with E-state index < -0.39 is 11.4 Å². The van der Waals surface area contributed by atoms with Gasteiger partial charge in [0.1, 0.15) is 5.41 Å². The van der Waals surface area contributed by atoms with Crippen LogP contribution in [0.2, 0.25) is 0 Å². The molecule has 0 spiro atoms. The van der Waals surface area contributed by atoms with E-state index in [9.17, 15) is 9.59 Å². The molecule has 1 aliphatic rings. The maximum absolute atomic E-state index is 12.4. The molecular formula is C16H21NO3. The minimum atomic E-state index is -1.09. The Morgan fingerprint density at radius 2 is 2.00 bits per heavy atom. The molecule has 1 aromatic carbocycles. The first-order valence-electron chi connectivity index (χ1n) is 7.00. The average molecular weight is 275 g/mol. The van der Waals surface area contributed by atoms with Crippen molar-refractivity contribution in [2.75, 3.05) is 24.6 Å². The number of carbonyl (C=O) groups is 2. The average Bonchev–Trinajstić information content (AvgIpc) is 2.82. The molecule has 0 bridgehead atoms. The van der Waals surface area contributed by atoms with Gasteiger partial charge in [0, 0.05) is 12.2 Å². The van der Waals surface area contributed by atoms with Gasteiger partial charge in [-0.3, -0.25) is 9.59 Å². The van der Waals surface area contributed by atoms with Gasteiger partial charge in [-0.25, -0.2) is 0 Å². The highest BCUT2D eigenvalue weighted by atomic mass is 16.5. The van der Waals surface area contributed by atoms with Gasteiger partial charge < -0.3 is 9.64 Å². The van der Waals surface area contributed by atoms with E-state index in [-0.39, 0.29) is 12.3 Å². The minimum Gasteiger partial charge on any atom is -0.465 e. The predicted molar refractivity (Wildman–Crippen MR) is 77.8 cm³/mol. The van der Waals surface area contributed by atoms with Gasteiger partial charge in [0.15, 0.2) is 5.78 Å². The number of ether oxygens (including phenoxy) is 1. The van der Waals surface area contributed by atoms with Crippen LogP contribution in [0.5, 0.6) is 0 Å². The lowest BCUT2D eigenvalue weighted by atomic mass is 9.88. The van der Waals surface area contributed by atoms with Crippen LogP contribution in [0.1, 0.15) is 26.3 Å². The van der Waals surface area contributed by atoms with Crippen LogP contribution in [0.3, 0.4) is 0 Å². The second kappa shape index (κ2) is 5.65. The summed E-state index contributed by atoms with van der Waals surface area (Å²) in [4.78, 5) is 26.3. The van der Waals surface area contributed by atoms with Crippen LogP contribution in [-0.4, -0.2) is 31.4 Å². The molecule has 20 heavy (non-hydrogen) atoms. The van der Waals surface area contributed by atoms with Crippen molar-refractivity contribution in [3.8, 4) is 0 Å². The number of anilines is 1. The van der Waals surface area contributed by atoms with Crippen LogP contribution < -0.4 is 4.90 Å². The Balaban J connectivity index is 2.08. The molecule has 4 nitrogen and oxygen atoms in total. The third-order valence-corrected chi connectivity index (χ3v) is 3.80. The number of Topliss-reactive ketones (excluding diaryl/α,β-unsaturated/α-hetero) is 1. The molecule has 0 aromatic heterocycles. The molecule has 0 radical (unpaired) electrons. The van der Waals surface area contributed by atoms with Crippen LogP contribution in [0.15, 0.2) is 24.3 Å².